The van der Waals surface area contributed by atoms with Gasteiger partial charge >= 0.3 is 0 Å². The summed E-state index contributed by atoms with van der Waals surface area (Å²) >= 11 is 1.29. The van der Waals surface area contributed by atoms with Crippen LogP contribution in [0.25, 0.3) is 11.1 Å². The van der Waals surface area contributed by atoms with Crippen molar-refractivity contribution in [2.45, 2.75) is 10.1 Å². The summed E-state index contributed by atoms with van der Waals surface area (Å²) in [4.78, 5) is 11.9. The topological polar surface area (TPSA) is 121 Å². The predicted molar refractivity (Wildman–Crippen MR) is 106 cm³/mol. The van der Waals surface area contributed by atoms with E-state index in [4.69, 9.17) is 10.8 Å². The second-order valence-electron chi connectivity index (χ2n) is 5.95. The van der Waals surface area contributed by atoms with Gasteiger partial charge in [-0.1, -0.05) is 30.3 Å². The zero-order valence-electron chi connectivity index (χ0n) is 14.7. The Morgan fingerprint density at radius 3 is 2.41 bits per heavy atom. The molecule has 0 saturated heterocycles. The van der Waals surface area contributed by atoms with Crippen molar-refractivity contribution in [1.82, 2.24) is 0 Å². The van der Waals surface area contributed by atoms with Crippen molar-refractivity contribution < 1.29 is 18.3 Å². The zero-order valence-corrected chi connectivity index (χ0v) is 16.3. The molecule has 0 fully saturated rings. The molecule has 6 nitrogen and oxygen atoms in total. The number of hydrogen-bond acceptors (Lipinski definition) is 6. The molecule has 0 radical (unpaired) electrons. The third-order valence-corrected chi connectivity index (χ3v) is 6.42. The largest absolute Gasteiger partial charge is 0.396 e. The Hall–Kier alpha value is -2.34. The highest BCUT2D eigenvalue weighted by Crippen LogP contribution is 2.37. The van der Waals surface area contributed by atoms with E-state index in [1.807, 2.05) is 18.2 Å². The summed E-state index contributed by atoms with van der Waals surface area (Å²) in [6.45, 7) is -0.0786. The Labute approximate surface area is 162 Å². The fraction of sp³-hybridized carbons (Fsp3) is 0.263. The van der Waals surface area contributed by atoms with E-state index in [0.717, 1.165) is 22.9 Å². The molecular weight excluding hydrogens is 384 g/mol. The molecule has 2 atom stereocenters. The van der Waals surface area contributed by atoms with Crippen molar-refractivity contribution in [3.63, 3.8) is 0 Å². The van der Waals surface area contributed by atoms with Gasteiger partial charge in [0, 0.05) is 12.0 Å². The Morgan fingerprint density at radius 1 is 1.22 bits per heavy atom. The van der Waals surface area contributed by atoms with Crippen LogP contribution in [-0.4, -0.2) is 38.0 Å². The molecule has 3 N–H and O–H groups in total. The molecule has 27 heavy (non-hydrogen) atoms. The summed E-state index contributed by atoms with van der Waals surface area (Å²) < 4.78 is 23.2. The fourth-order valence-electron chi connectivity index (χ4n) is 2.63. The number of primary amides is 1. The third kappa shape index (κ3) is 5.32. The molecule has 0 saturated carbocycles. The van der Waals surface area contributed by atoms with Crippen LogP contribution in [0.2, 0.25) is 0 Å². The van der Waals surface area contributed by atoms with Crippen LogP contribution < -0.4 is 5.73 Å². The van der Waals surface area contributed by atoms with Gasteiger partial charge in [0.25, 0.3) is 0 Å². The lowest BCUT2D eigenvalue weighted by atomic mass is 9.96. The van der Waals surface area contributed by atoms with E-state index in [1.165, 1.54) is 23.9 Å². The molecule has 0 aliphatic rings. The maximum atomic E-state index is 11.7. The van der Waals surface area contributed by atoms with Crippen molar-refractivity contribution in [3.05, 3.63) is 54.1 Å². The number of amides is 1. The predicted octanol–water partition coefficient (Wildman–Crippen LogP) is 2.15. The van der Waals surface area contributed by atoms with Gasteiger partial charge in [-0.15, -0.1) is 11.8 Å². The minimum atomic E-state index is -3.27. The number of hydrogen-bond donors (Lipinski definition) is 2. The quantitative estimate of drug-likeness (QED) is 0.695. The molecule has 0 aliphatic heterocycles. The fourth-order valence-corrected chi connectivity index (χ4v) is 4.35. The Balaban J connectivity index is 2.41. The number of aliphatic hydroxyl groups excluding tert-OH is 1. The van der Waals surface area contributed by atoms with Crippen molar-refractivity contribution in [3.8, 4) is 17.2 Å². The van der Waals surface area contributed by atoms with E-state index >= 15 is 0 Å². The Kier molecular flexibility index (Phi) is 7.02. The molecule has 0 bridgehead atoms. The molecule has 2 unspecified atom stereocenters. The summed E-state index contributed by atoms with van der Waals surface area (Å²) in [5.41, 5.74) is 7.74. The van der Waals surface area contributed by atoms with Gasteiger partial charge in [0.05, 0.1) is 22.8 Å². The van der Waals surface area contributed by atoms with E-state index in [2.05, 4.69) is 0 Å². The van der Waals surface area contributed by atoms with E-state index in [-0.39, 0.29) is 11.5 Å². The molecule has 8 heteroatoms. The smallest absolute Gasteiger partial charge is 0.236 e. The van der Waals surface area contributed by atoms with Crippen LogP contribution in [0.5, 0.6) is 0 Å². The first-order valence-corrected chi connectivity index (χ1v) is 11.0. The molecule has 0 spiro atoms. The highest BCUT2D eigenvalue weighted by atomic mass is 32.2. The SMILES string of the molecule is CS(=O)(=O)c1ccc(-c2cccc(C(SCCO)C(C#N)C(N)=O)c2)cc1. The molecular formula is C19H20N2O4S2. The van der Waals surface area contributed by atoms with E-state index in [9.17, 15) is 18.5 Å². The first kappa shape index (κ1) is 21.0. The van der Waals surface area contributed by atoms with Gasteiger partial charge in [0.15, 0.2) is 9.84 Å². The lowest BCUT2D eigenvalue weighted by Gasteiger charge is -2.20. The summed E-state index contributed by atoms with van der Waals surface area (Å²) in [5.74, 6) is -1.37. The molecule has 0 aliphatic carbocycles. The molecule has 2 aromatic carbocycles. The van der Waals surface area contributed by atoms with Gasteiger partial charge in [-0.3, -0.25) is 4.79 Å². The standard InChI is InChI=1S/C19H20N2O4S2/c1-27(24,25)16-7-5-13(6-8-16)14-3-2-4-15(11-14)18(26-10-9-22)17(12-20)19(21)23/h2-8,11,17-18,22H,9-10H2,1H3,(H2,21,23). The van der Waals surface area contributed by atoms with Crippen LogP contribution in [0.1, 0.15) is 10.8 Å². The van der Waals surface area contributed by atoms with Crippen molar-refractivity contribution in [2.24, 2.45) is 11.7 Å². The first-order valence-electron chi connectivity index (χ1n) is 8.09. The van der Waals surface area contributed by atoms with E-state index in [0.29, 0.717) is 5.75 Å². The number of nitriles is 1. The summed E-state index contributed by atoms with van der Waals surface area (Å²) in [5, 5.41) is 17.9. The minimum Gasteiger partial charge on any atom is -0.396 e. The monoisotopic (exact) mass is 404 g/mol. The molecule has 2 rings (SSSR count). The average Bonchev–Trinajstić information content (AvgIpc) is 2.64. The number of carbonyl (C=O) groups excluding carboxylic acids is 1. The third-order valence-electron chi connectivity index (χ3n) is 3.97. The van der Waals surface area contributed by atoms with Gasteiger partial charge in [-0.2, -0.15) is 5.26 Å². The maximum Gasteiger partial charge on any atom is 0.236 e. The van der Waals surface area contributed by atoms with Crippen LogP contribution in [0.3, 0.4) is 0 Å². The summed E-state index contributed by atoms with van der Waals surface area (Å²) in [6, 6.07) is 15.8. The highest BCUT2D eigenvalue weighted by Gasteiger charge is 2.28. The molecule has 2 aromatic rings. The van der Waals surface area contributed by atoms with Gasteiger partial charge < -0.3 is 10.8 Å². The van der Waals surface area contributed by atoms with Crippen molar-refractivity contribution >= 4 is 27.5 Å². The van der Waals surface area contributed by atoms with Gasteiger partial charge in [0.2, 0.25) is 5.91 Å². The van der Waals surface area contributed by atoms with Gasteiger partial charge in [-0.05, 0) is 34.9 Å². The molecule has 1 amide bonds. The lowest BCUT2D eigenvalue weighted by Crippen LogP contribution is -2.26. The number of thioether (sulfide) groups is 1. The summed E-state index contributed by atoms with van der Waals surface area (Å²) in [6.07, 6.45) is 1.15. The number of carbonyl (C=O) groups is 1. The molecule has 0 aromatic heterocycles. The Bertz CT molecular complexity index is 950. The van der Waals surface area contributed by atoms with Crippen LogP contribution >= 0.6 is 11.8 Å². The number of rotatable bonds is 8. The number of nitrogens with zero attached hydrogens (tertiary/aromatic N) is 1. The minimum absolute atomic E-state index is 0.0786. The van der Waals surface area contributed by atoms with E-state index in [1.54, 1.807) is 24.3 Å². The second-order valence-corrected chi connectivity index (χ2v) is 9.21. The van der Waals surface area contributed by atoms with Crippen LogP contribution in [-0.2, 0) is 14.6 Å². The normalized spacial score (nSPS) is 13.5. The highest BCUT2D eigenvalue weighted by molar-refractivity contribution is 7.99. The second kappa shape index (κ2) is 9.04. The Morgan fingerprint density at radius 2 is 1.89 bits per heavy atom. The zero-order chi connectivity index (χ0) is 20.0. The van der Waals surface area contributed by atoms with Crippen molar-refractivity contribution in [1.29, 1.82) is 5.26 Å². The van der Waals surface area contributed by atoms with Crippen molar-refractivity contribution in [2.75, 3.05) is 18.6 Å². The molecule has 142 valence electrons. The maximum absolute atomic E-state index is 11.7. The number of nitrogens with two attached hydrogens (primary N) is 1. The van der Waals surface area contributed by atoms with Crippen LogP contribution in [0, 0.1) is 17.2 Å². The van der Waals surface area contributed by atoms with Gasteiger partial charge in [-0.25, -0.2) is 8.42 Å². The van der Waals surface area contributed by atoms with Gasteiger partial charge in [0.1, 0.15) is 5.92 Å². The number of aliphatic hydroxyl groups is 1. The average molecular weight is 405 g/mol. The number of benzene rings is 2. The lowest BCUT2D eigenvalue weighted by molar-refractivity contribution is -0.120. The summed E-state index contributed by atoms with van der Waals surface area (Å²) in [7, 11) is -3.27. The van der Waals surface area contributed by atoms with Crippen LogP contribution in [0.4, 0.5) is 0 Å². The molecule has 0 heterocycles. The van der Waals surface area contributed by atoms with E-state index < -0.39 is 26.9 Å². The van der Waals surface area contributed by atoms with Crippen LogP contribution in [0.15, 0.2) is 53.4 Å². The first-order chi connectivity index (χ1) is 12.8. The number of sulfone groups is 1.